The molecule has 4 nitrogen and oxygen atoms in total. The topological polar surface area (TPSA) is 36.4 Å². The monoisotopic (exact) mass is 377 g/mol. The van der Waals surface area contributed by atoms with Crippen molar-refractivity contribution >= 4 is 17.2 Å². The third-order valence-electron chi connectivity index (χ3n) is 5.73. The summed E-state index contributed by atoms with van der Waals surface area (Å²) in [6, 6.07) is 0. The highest BCUT2D eigenvalue weighted by atomic mass is 32.1. The lowest BCUT2D eigenvalue weighted by Crippen LogP contribution is -2.41. The van der Waals surface area contributed by atoms with Crippen molar-refractivity contribution in [3.05, 3.63) is 15.6 Å². The van der Waals surface area contributed by atoms with E-state index in [1.54, 1.807) is 11.3 Å². The zero-order chi connectivity index (χ0) is 18.5. The molecule has 0 atom stereocenters. The van der Waals surface area contributed by atoms with Crippen molar-refractivity contribution in [1.29, 1.82) is 0 Å². The Labute approximate surface area is 163 Å². The van der Waals surface area contributed by atoms with Gasteiger partial charge in [-0.25, -0.2) is 4.98 Å². The summed E-state index contributed by atoms with van der Waals surface area (Å²) in [6.07, 6.45) is 8.79. The summed E-state index contributed by atoms with van der Waals surface area (Å²) in [5.41, 5.74) is 0.919. The van der Waals surface area contributed by atoms with Crippen LogP contribution in [0, 0.1) is 18.8 Å². The molecule has 2 aliphatic rings. The fourth-order valence-electron chi connectivity index (χ4n) is 4.23. The van der Waals surface area contributed by atoms with Gasteiger partial charge in [-0.15, -0.1) is 11.3 Å². The van der Waals surface area contributed by atoms with Crippen LogP contribution in [0.25, 0.3) is 0 Å². The smallest absolute Gasteiger partial charge is 0.265 e. The molecule has 0 aliphatic carbocycles. The Morgan fingerprint density at radius 2 is 1.77 bits per heavy atom. The molecule has 146 valence electrons. The number of hydrogen-bond acceptors (Lipinski definition) is 4. The third kappa shape index (κ3) is 5.29. The summed E-state index contributed by atoms with van der Waals surface area (Å²) in [5, 5.41) is 1.11. The Morgan fingerprint density at radius 3 is 2.38 bits per heavy atom. The maximum Gasteiger partial charge on any atom is 0.265 e. The Bertz CT molecular complexity index is 582. The highest BCUT2D eigenvalue weighted by Gasteiger charge is 2.27. The molecule has 2 aliphatic heterocycles. The van der Waals surface area contributed by atoms with Gasteiger partial charge in [-0.1, -0.05) is 26.7 Å². The van der Waals surface area contributed by atoms with Crippen molar-refractivity contribution in [1.82, 2.24) is 14.8 Å². The summed E-state index contributed by atoms with van der Waals surface area (Å²) in [5.74, 6) is 1.55. The first kappa shape index (κ1) is 19.8. The van der Waals surface area contributed by atoms with E-state index < -0.39 is 0 Å². The van der Waals surface area contributed by atoms with Gasteiger partial charge in [0.15, 0.2) is 0 Å². The largest absolute Gasteiger partial charge is 0.338 e. The molecule has 26 heavy (non-hydrogen) atoms. The quantitative estimate of drug-likeness (QED) is 0.764. The molecule has 5 heteroatoms. The van der Waals surface area contributed by atoms with Gasteiger partial charge in [-0.3, -0.25) is 4.79 Å². The van der Waals surface area contributed by atoms with E-state index in [-0.39, 0.29) is 5.91 Å². The number of likely N-dealkylation sites (tertiary alicyclic amines) is 2. The van der Waals surface area contributed by atoms with E-state index in [1.807, 2.05) is 6.92 Å². The van der Waals surface area contributed by atoms with Crippen LogP contribution in [0.4, 0.5) is 0 Å². The average molecular weight is 378 g/mol. The van der Waals surface area contributed by atoms with Crippen LogP contribution < -0.4 is 0 Å². The molecular weight excluding hydrogens is 342 g/mol. The molecular formula is C21H35N3OS. The first-order valence-electron chi connectivity index (χ1n) is 10.5. The highest BCUT2D eigenvalue weighted by molar-refractivity contribution is 7.13. The van der Waals surface area contributed by atoms with Crippen LogP contribution in [-0.4, -0.2) is 53.4 Å². The van der Waals surface area contributed by atoms with Gasteiger partial charge in [-0.05, 0) is 57.5 Å². The number of carbonyl (C=O) groups is 1. The summed E-state index contributed by atoms with van der Waals surface area (Å²) in [7, 11) is 0. The van der Waals surface area contributed by atoms with Crippen LogP contribution in [0.3, 0.4) is 0 Å². The van der Waals surface area contributed by atoms with E-state index in [9.17, 15) is 4.79 Å². The van der Waals surface area contributed by atoms with Crippen LogP contribution in [0.1, 0.15) is 72.7 Å². The van der Waals surface area contributed by atoms with Gasteiger partial charge in [-0.2, -0.15) is 0 Å². The first-order chi connectivity index (χ1) is 12.5. The van der Waals surface area contributed by atoms with Gasteiger partial charge in [0.25, 0.3) is 5.91 Å². The molecule has 0 saturated carbocycles. The molecule has 0 aromatic carbocycles. The molecule has 0 spiro atoms. The Balaban J connectivity index is 1.51. The molecule has 0 N–H and O–H groups in total. The predicted octanol–water partition coefficient (Wildman–Crippen LogP) is 4.38. The number of aromatic nitrogens is 1. The number of carbonyl (C=O) groups excluding carboxylic acids is 1. The van der Waals surface area contributed by atoms with Crippen molar-refractivity contribution in [2.24, 2.45) is 11.8 Å². The standard InChI is InChI=1S/C21H35N3OS/c1-16(2)14-19-22-17(3)20(26-19)21(25)24-12-8-18(9-13-24)15-23-10-6-4-5-7-11-23/h16,18H,4-15H2,1-3H3. The van der Waals surface area contributed by atoms with Crippen LogP contribution >= 0.6 is 11.3 Å². The van der Waals surface area contributed by atoms with Gasteiger partial charge in [0.1, 0.15) is 4.88 Å². The summed E-state index contributed by atoms with van der Waals surface area (Å²) in [4.78, 5) is 23.2. The molecule has 1 amide bonds. The van der Waals surface area contributed by atoms with Gasteiger partial charge in [0.2, 0.25) is 0 Å². The SMILES string of the molecule is Cc1nc(CC(C)C)sc1C(=O)N1CCC(CN2CCCCCC2)CC1. The van der Waals surface area contributed by atoms with Crippen molar-refractivity contribution in [2.45, 2.75) is 65.7 Å². The minimum atomic E-state index is 0.211. The predicted molar refractivity (Wildman–Crippen MR) is 109 cm³/mol. The molecule has 0 radical (unpaired) electrons. The van der Waals surface area contributed by atoms with Gasteiger partial charge < -0.3 is 9.80 Å². The maximum atomic E-state index is 12.9. The van der Waals surface area contributed by atoms with Gasteiger partial charge in [0.05, 0.1) is 10.7 Å². The van der Waals surface area contributed by atoms with Crippen molar-refractivity contribution < 1.29 is 4.79 Å². The number of thiazole rings is 1. The first-order valence-corrected chi connectivity index (χ1v) is 11.3. The molecule has 1 aromatic rings. The number of rotatable bonds is 5. The van der Waals surface area contributed by atoms with E-state index in [0.29, 0.717) is 5.92 Å². The summed E-state index contributed by atoms with van der Waals surface area (Å²) < 4.78 is 0. The Hall–Kier alpha value is -0.940. The highest BCUT2D eigenvalue weighted by Crippen LogP contribution is 2.26. The van der Waals surface area contributed by atoms with E-state index >= 15 is 0 Å². The van der Waals surface area contributed by atoms with Crippen LogP contribution in [0.2, 0.25) is 0 Å². The zero-order valence-electron chi connectivity index (χ0n) is 16.8. The lowest BCUT2D eigenvalue weighted by atomic mass is 9.96. The number of aryl methyl sites for hydroxylation is 1. The number of piperidine rings is 1. The fraction of sp³-hybridized carbons (Fsp3) is 0.810. The van der Waals surface area contributed by atoms with Crippen LogP contribution in [-0.2, 0) is 6.42 Å². The van der Waals surface area contributed by atoms with E-state index in [2.05, 4.69) is 28.6 Å². The van der Waals surface area contributed by atoms with Gasteiger partial charge in [0, 0.05) is 26.1 Å². The second-order valence-electron chi connectivity index (χ2n) is 8.57. The fourth-order valence-corrected chi connectivity index (χ4v) is 5.48. The van der Waals surface area contributed by atoms with Gasteiger partial charge >= 0.3 is 0 Å². The van der Waals surface area contributed by atoms with E-state index in [1.165, 1.54) is 45.3 Å². The van der Waals surface area contributed by atoms with Crippen LogP contribution in [0.5, 0.6) is 0 Å². The Kier molecular flexibility index (Phi) is 7.10. The second-order valence-corrected chi connectivity index (χ2v) is 9.65. The molecule has 3 rings (SSSR count). The van der Waals surface area contributed by atoms with E-state index in [4.69, 9.17) is 0 Å². The molecule has 0 unspecified atom stereocenters. The second kappa shape index (κ2) is 9.32. The molecule has 3 heterocycles. The number of hydrogen-bond donors (Lipinski definition) is 0. The minimum absolute atomic E-state index is 0.211. The van der Waals surface area contributed by atoms with E-state index in [0.717, 1.165) is 53.8 Å². The number of nitrogens with zero attached hydrogens (tertiary/aromatic N) is 3. The normalized spacial score (nSPS) is 20.5. The van der Waals surface area contributed by atoms with Crippen LogP contribution in [0.15, 0.2) is 0 Å². The summed E-state index contributed by atoms with van der Waals surface area (Å²) in [6.45, 7) is 12.0. The molecule has 1 aromatic heterocycles. The molecule has 2 fully saturated rings. The number of amides is 1. The summed E-state index contributed by atoms with van der Waals surface area (Å²) >= 11 is 1.61. The lowest BCUT2D eigenvalue weighted by Gasteiger charge is -2.34. The maximum absolute atomic E-state index is 12.9. The zero-order valence-corrected chi connectivity index (χ0v) is 17.6. The minimum Gasteiger partial charge on any atom is -0.338 e. The molecule has 0 bridgehead atoms. The van der Waals surface area contributed by atoms with Crippen molar-refractivity contribution in [2.75, 3.05) is 32.7 Å². The Morgan fingerprint density at radius 1 is 1.12 bits per heavy atom. The average Bonchev–Trinajstić information content (AvgIpc) is 2.81. The van der Waals surface area contributed by atoms with Crippen molar-refractivity contribution in [3.63, 3.8) is 0 Å². The lowest BCUT2D eigenvalue weighted by molar-refractivity contribution is 0.0672. The molecule has 2 saturated heterocycles. The third-order valence-corrected chi connectivity index (χ3v) is 6.90. The van der Waals surface area contributed by atoms with Crippen molar-refractivity contribution in [3.8, 4) is 0 Å².